The largest absolute Gasteiger partial charge is 0.416 e. The third-order valence-corrected chi connectivity index (χ3v) is 4.52. The van der Waals surface area contributed by atoms with E-state index in [2.05, 4.69) is 10.4 Å². The fourth-order valence-corrected chi connectivity index (χ4v) is 3.10. The Morgan fingerprint density at radius 1 is 1.00 bits per heavy atom. The van der Waals surface area contributed by atoms with Crippen LogP contribution in [0.4, 0.5) is 23.7 Å². The summed E-state index contributed by atoms with van der Waals surface area (Å²) in [5.74, 6) is -0.877. The van der Waals surface area contributed by atoms with Gasteiger partial charge in [-0.1, -0.05) is 35.3 Å². The van der Waals surface area contributed by atoms with Crippen molar-refractivity contribution in [1.82, 2.24) is 15.1 Å². The van der Waals surface area contributed by atoms with Gasteiger partial charge >= 0.3 is 12.2 Å². The highest BCUT2D eigenvalue weighted by Crippen LogP contribution is 2.30. The molecule has 160 valence electrons. The lowest BCUT2D eigenvalue weighted by molar-refractivity contribution is -0.137. The molecule has 1 aromatic heterocycles. The van der Waals surface area contributed by atoms with Gasteiger partial charge in [0, 0.05) is 6.07 Å². The molecule has 0 aliphatic rings. The maximum atomic E-state index is 12.9. The van der Waals surface area contributed by atoms with Crippen molar-refractivity contribution in [2.75, 3.05) is 5.32 Å². The summed E-state index contributed by atoms with van der Waals surface area (Å²) in [6.45, 7) is 0. The van der Waals surface area contributed by atoms with Crippen molar-refractivity contribution in [1.29, 1.82) is 0 Å². The van der Waals surface area contributed by atoms with E-state index in [0.717, 1.165) is 35.1 Å². The van der Waals surface area contributed by atoms with Crippen LogP contribution in [-0.2, 0) is 6.18 Å². The number of urea groups is 1. The molecule has 0 spiro atoms. The molecule has 12 heteroatoms. The fraction of sp³-hybridized carbons (Fsp3) is 0.0526. The van der Waals surface area contributed by atoms with E-state index in [1.165, 1.54) is 24.3 Å². The van der Waals surface area contributed by atoms with Gasteiger partial charge in [-0.05, 0) is 30.3 Å². The van der Waals surface area contributed by atoms with Crippen molar-refractivity contribution < 1.29 is 22.8 Å². The summed E-state index contributed by atoms with van der Waals surface area (Å²) in [6, 6.07) is 8.31. The third kappa shape index (κ3) is 5.22. The van der Waals surface area contributed by atoms with E-state index >= 15 is 0 Å². The van der Waals surface area contributed by atoms with Crippen LogP contribution < -0.4 is 16.2 Å². The van der Waals surface area contributed by atoms with E-state index in [4.69, 9.17) is 23.2 Å². The van der Waals surface area contributed by atoms with Crippen LogP contribution in [0.1, 0.15) is 15.9 Å². The smallest absolute Gasteiger partial charge is 0.306 e. The zero-order chi connectivity index (χ0) is 22.8. The first-order chi connectivity index (χ1) is 14.6. The minimum Gasteiger partial charge on any atom is -0.306 e. The molecule has 31 heavy (non-hydrogen) atoms. The molecular formula is C19H11Cl2F3N4O3. The third-order valence-electron chi connectivity index (χ3n) is 3.89. The molecule has 0 unspecified atom stereocenters. The van der Waals surface area contributed by atoms with Crippen molar-refractivity contribution in [2.45, 2.75) is 6.18 Å². The van der Waals surface area contributed by atoms with Crippen LogP contribution in [0.2, 0.25) is 10.0 Å². The Hall–Kier alpha value is -3.37. The van der Waals surface area contributed by atoms with E-state index in [1.807, 2.05) is 5.32 Å². The Morgan fingerprint density at radius 3 is 2.26 bits per heavy atom. The molecule has 0 bridgehead atoms. The van der Waals surface area contributed by atoms with Crippen LogP contribution in [0.5, 0.6) is 0 Å². The molecule has 2 aromatic carbocycles. The molecule has 0 atom stereocenters. The Morgan fingerprint density at radius 2 is 1.65 bits per heavy atom. The van der Waals surface area contributed by atoms with Crippen LogP contribution in [0, 0.1) is 0 Å². The number of carbonyl (C=O) groups is 2. The lowest BCUT2D eigenvalue weighted by Crippen LogP contribution is -2.35. The molecule has 3 aromatic rings. The second kappa shape index (κ2) is 8.78. The van der Waals surface area contributed by atoms with Gasteiger partial charge in [-0.2, -0.15) is 23.0 Å². The number of rotatable bonds is 3. The van der Waals surface area contributed by atoms with Gasteiger partial charge in [0.2, 0.25) is 0 Å². The molecule has 2 N–H and O–H groups in total. The van der Waals surface area contributed by atoms with Gasteiger partial charge in [0.25, 0.3) is 11.5 Å². The highest BCUT2D eigenvalue weighted by atomic mass is 35.5. The maximum Gasteiger partial charge on any atom is 0.416 e. The molecule has 0 fully saturated rings. The quantitative estimate of drug-likeness (QED) is 0.588. The zero-order valence-corrected chi connectivity index (χ0v) is 16.7. The van der Waals surface area contributed by atoms with E-state index in [1.54, 1.807) is 0 Å². The van der Waals surface area contributed by atoms with Gasteiger partial charge in [0.15, 0.2) is 0 Å². The van der Waals surface area contributed by atoms with Gasteiger partial charge in [0.1, 0.15) is 0 Å². The zero-order valence-electron chi connectivity index (χ0n) is 15.2. The lowest BCUT2D eigenvalue weighted by atomic mass is 10.2. The molecular weight excluding hydrogens is 460 g/mol. The summed E-state index contributed by atoms with van der Waals surface area (Å²) >= 11 is 11.8. The normalized spacial score (nSPS) is 11.1. The van der Waals surface area contributed by atoms with Gasteiger partial charge < -0.3 is 5.32 Å². The molecule has 3 rings (SSSR count). The van der Waals surface area contributed by atoms with Crippen LogP contribution in [-0.4, -0.2) is 21.7 Å². The minimum atomic E-state index is -4.59. The minimum absolute atomic E-state index is 0.0307. The van der Waals surface area contributed by atoms with Gasteiger partial charge in [-0.15, -0.1) is 0 Å². The molecule has 7 nitrogen and oxygen atoms in total. The predicted octanol–water partition coefficient (Wildman–Crippen LogP) is 4.52. The van der Waals surface area contributed by atoms with Gasteiger partial charge in [-0.3, -0.25) is 14.9 Å². The fourth-order valence-electron chi connectivity index (χ4n) is 2.53. The topological polar surface area (TPSA) is 93.1 Å². The first kappa shape index (κ1) is 22.3. The Kier molecular flexibility index (Phi) is 6.32. The number of nitrogens with one attached hydrogen (secondary N) is 2. The summed E-state index contributed by atoms with van der Waals surface area (Å²) in [6.07, 6.45) is -3.55. The Bertz CT molecular complexity index is 1210. The first-order valence-electron chi connectivity index (χ1n) is 8.39. The molecule has 0 saturated carbocycles. The van der Waals surface area contributed by atoms with Crippen molar-refractivity contribution >= 4 is 40.8 Å². The number of anilines is 1. The van der Waals surface area contributed by atoms with E-state index in [0.29, 0.717) is 0 Å². The predicted molar refractivity (Wildman–Crippen MR) is 108 cm³/mol. The number of halogens is 5. The Labute approximate surface area is 182 Å². The second-order valence-electron chi connectivity index (χ2n) is 6.05. The molecule has 1 heterocycles. The highest BCUT2D eigenvalue weighted by Gasteiger charge is 2.30. The SMILES string of the molecule is O=C(NC(=O)c1c(Cl)cccc1Cl)Nc1cnn(-c2cccc(C(F)(F)F)c2)c(=O)c1. The molecule has 0 aliphatic heterocycles. The lowest BCUT2D eigenvalue weighted by Gasteiger charge is -2.11. The van der Waals surface area contributed by atoms with E-state index in [9.17, 15) is 27.6 Å². The number of hydrogen-bond donors (Lipinski definition) is 2. The second-order valence-corrected chi connectivity index (χ2v) is 6.86. The number of nitrogens with zero attached hydrogens (tertiary/aromatic N) is 2. The number of benzene rings is 2. The summed E-state index contributed by atoms with van der Waals surface area (Å²) in [4.78, 5) is 36.5. The Balaban J connectivity index is 1.76. The molecule has 0 saturated heterocycles. The van der Waals surface area contributed by atoms with Crippen LogP contribution >= 0.6 is 23.2 Å². The number of carbonyl (C=O) groups excluding carboxylic acids is 2. The molecule has 0 aliphatic carbocycles. The summed E-state index contributed by atoms with van der Waals surface area (Å²) in [7, 11) is 0. The van der Waals surface area contributed by atoms with Gasteiger partial charge in [-0.25, -0.2) is 4.79 Å². The number of amides is 3. The van der Waals surface area contributed by atoms with Crippen LogP contribution in [0.3, 0.4) is 0 Å². The number of alkyl halides is 3. The standard InChI is InChI=1S/C19H11Cl2F3N4O3/c20-13-5-2-6-14(21)16(13)17(30)27-18(31)26-11-8-15(29)28(25-9-11)12-4-1-3-10(7-12)19(22,23)24/h1-9H,(H2,26,27,30,31). The van der Waals surface area contributed by atoms with E-state index < -0.39 is 29.2 Å². The van der Waals surface area contributed by atoms with Crippen molar-refractivity contribution in [3.8, 4) is 5.69 Å². The highest BCUT2D eigenvalue weighted by molar-refractivity contribution is 6.40. The first-order valence-corrected chi connectivity index (χ1v) is 9.15. The summed E-state index contributed by atoms with van der Waals surface area (Å²) in [5, 5.41) is 8.04. The average molecular weight is 471 g/mol. The number of imide groups is 1. The number of hydrogen-bond acceptors (Lipinski definition) is 4. The molecule has 3 amide bonds. The van der Waals surface area contributed by atoms with Crippen molar-refractivity contribution in [3.63, 3.8) is 0 Å². The average Bonchev–Trinajstić information content (AvgIpc) is 2.67. The monoisotopic (exact) mass is 470 g/mol. The number of aromatic nitrogens is 2. The van der Waals surface area contributed by atoms with Crippen molar-refractivity contribution in [3.05, 3.63) is 86.3 Å². The van der Waals surface area contributed by atoms with Crippen LogP contribution in [0.25, 0.3) is 5.69 Å². The van der Waals surface area contributed by atoms with Crippen molar-refractivity contribution in [2.24, 2.45) is 0 Å². The van der Waals surface area contributed by atoms with Crippen LogP contribution in [0.15, 0.2) is 59.5 Å². The van der Waals surface area contributed by atoms with Gasteiger partial charge in [0.05, 0.1) is 38.7 Å². The summed E-state index contributed by atoms with van der Waals surface area (Å²) in [5.41, 5.74) is -2.07. The maximum absolute atomic E-state index is 12.9. The molecule has 0 radical (unpaired) electrons. The summed E-state index contributed by atoms with van der Waals surface area (Å²) < 4.78 is 39.3. The van der Waals surface area contributed by atoms with E-state index in [-0.39, 0.29) is 27.0 Å².